The Morgan fingerprint density at radius 3 is 2.29 bits per heavy atom. The Morgan fingerprint density at radius 1 is 0.951 bits per heavy atom. The number of phosphoric ester groups is 2. The van der Waals surface area contributed by atoms with E-state index in [1.807, 2.05) is 26.0 Å². The maximum absolute atomic E-state index is 13.1. The number of rotatable bonds is 8. The summed E-state index contributed by atoms with van der Waals surface area (Å²) in [4.78, 5) is 9.34. The van der Waals surface area contributed by atoms with Crippen LogP contribution in [-0.2, 0) is 22.7 Å². The summed E-state index contributed by atoms with van der Waals surface area (Å²) in [6, 6.07) is 7.16. The molecular formula is C25H24Cl2N4O8P2. The quantitative estimate of drug-likeness (QED) is 0.148. The summed E-state index contributed by atoms with van der Waals surface area (Å²) in [7, 11) is -7.86. The number of aromatic nitrogens is 2. The zero-order chi connectivity index (χ0) is 28.9. The molecule has 2 aromatic carbocycles. The van der Waals surface area contributed by atoms with E-state index in [1.165, 1.54) is 5.01 Å². The first-order chi connectivity index (χ1) is 19.4. The van der Waals surface area contributed by atoms with Gasteiger partial charge in [-0.1, -0.05) is 68.1 Å². The maximum Gasteiger partial charge on any atom is 0.647 e. The van der Waals surface area contributed by atoms with Crippen LogP contribution in [0.3, 0.4) is 0 Å². The molecule has 2 atom stereocenters. The van der Waals surface area contributed by atoms with Gasteiger partial charge in [-0.3, -0.25) is 9.53 Å². The van der Waals surface area contributed by atoms with Crippen LogP contribution in [0.1, 0.15) is 51.4 Å². The first kappa shape index (κ1) is 27.4. The molecule has 5 aliphatic heterocycles. The summed E-state index contributed by atoms with van der Waals surface area (Å²) in [5, 5.41) is 2.04. The van der Waals surface area contributed by atoms with Crippen molar-refractivity contribution in [3.8, 4) is 17.2 Å². The van der Waals surface area contributed by atoms with Crippen LogP contribution in [0.15, 0.2) is 24.3 Å². The van der Waals surface area contributed by atoms with Gasteiger partial charge in [-0.25, -0.2) is 29.4 Å². The van der Waals surface area contributed by atoms with Crippen molar-refractivity contribution in [2.45, 2.75) is 51.5 Å². The van der Waals surface area contributed by atoms with E-state index in [0.29, 0.717) is 11.4 Å². The van der Waals surface area contributed by atoms with E-state index in [2.05, 4.69) is 4.98 Å². The van der Waals surface area contributed by atoms with Crippen molar-refractivity contribution in [3.05, 3.63) is 45.7 Å². The highest BCUT2D eigenvalue weighted by molar-refractivity contribution is 7.50. The number of nitrogens with zero attached hydrogens (tertiary/aromatic N) is 3. The number of anilines is 1. The Kier molecular flexibility index (Phi) is 6.06. The van der Waals surface area contributed by atoms with Crippen molar-refractivity contribution >= 4 is 67.7 Å². The predicted molar refractivity (Wildman–Crippen MR) is 152 cm³/mol. The van der Waals surface area contributed by atoms with Crippen LogP contribution in [0.5, 0.6) is 17.2 Å². The molecule has 8 rings (SSSR count). The molecule has 216 valence electrons. The first-order valence-electron chi connectivity index (χ1n) is 12.9. The molecule has 0 aliphatic carbocycles. The van der Waals surface area contributed by atoms with Crippen LogP contribution in [0, 0.1) is 5.92 Å². The summed E-state index contributed by atoms with van der Waals surface area (Å²) < 4.78 is 60.2. The number of halogens is 2. The summed E-state index contributed by atoms with van der Waals surface area (Å²) in [5.74, 6) is 5.84. The van der Waals surface area contributed by atoms with Gasteiger partial charge in [-0.15, -0.1) is 0 Å². The molecule has 5 aliphatic rings. The molecule has 0 saturated carbocycles. The number of nitrogens with two attached hydrogens (primary N) is 1. The van der Waals surface area contributed by atoms with Gasteiger partial charge in [-0.05, 0) is 36.6 Å². The standard InChI is InChI=1S/C25H24Cl2N4O8P2/c1-4-13(5-2)12-25-24(3,37-41(33,38-25)39-25)31(28)23-17-19(21-18(27)22-20(17)34-40(32,35-21)36-22)29-16(30-23)11-8-14-6-9-15(26)10-7-14/h6-11,13H,4-5,12,28H2,1-3H3/b11-8+. The third-order valence-electron chi connectivity index (χ3n) is 7.77. The Labute approximate surface area is 244 Å². The van der Waals surface area contributed by atoms with Gasteiger partial charge in [-0.2, -0.15) is 4.57 Å². The smallest absolute Gasteiger partial charge is 0.382 e. The van der Waals surface area contributed by atoms with E-state index in [4.69, 9.17) is 61.2 Å². The van der Waals surface area contributed by atoms with Crippen LogP contribution in [-0.4, -0.2) is 21.5 Å². The van der Waals surface area contributed by atoms with E-state index < -0.39 is 27.2 Å². The summed E-state index contributed by atoms with van der Waals surface area (Å²) in [6.45, 7) is 5.72. The van der Waals surface area contributed by atoms with E-state index >= 15 is 0 Å². The van der Waals surface area contributed by atoms with Crippen LogP contribution in [0.4, 0.5) is 5.82 Å². The van der Waals surface area contributed by atoms with Crippen molar-refractivity contribution < 1.29 is 36.3 Å². The molecule has 3 saturated heterocycles. The molecule has 6 heterocycles. The fourth-order valence-corrected chi connectivity index (χ4v) is 9.16. The van der Waals surface area contributed by atoms with Crippen molar-refractivity contribution in [2.24, 2.45) is 11.8 Å². The van der Waals surface area contributed by atoms with Crippen molar-refractivity contribution in [1.82, 2.24) is 9.97 Å². The van der Waals surface area contributed by atoms with Gasteiger partial charge >= 0.3 is 15.6 Å². The lowest BCUT2D eigenvalue weighted by molar-refractivity contribution is -0.221. The molecule has 0 spiro atoms. The van der Waals surface area contributed by atoms with Gasteiger partial charge in [0.15, 0.2) is 28.9 Å². The Balaban J connectivity index is 1.41. The van der Waals surface area contributed by atoms with Crippen LogP contribution < -0.4 is 24.4 Å². The minimum atomic E-state index is -4.02. The molecule has 16 heteroatoms. The first-order valence-corrected chi connectivity index (χ1v) is 16.6. The normalized spacial score (nSPS) is 30.5. The Hall–Kier alpha value is -2.40. The topological polar surface area (TPSA) is 145 Å². The molecule has 2 N–H and O–H groups in total. The second-order valence-electron chi connectivity index (χ2n) is 10.2. The third-order valence-corrected chi connectivity index (χ3v) is 11.2. The molecule has 1 aromatic heterocycles. The second kappa shape index (κ2) is 9.05. The fraction of sp³-hybridized carbons (Fsp3) is 0.360. The average Bonchev–Trinajstić information content (AvgIpc) is 3.40. The average molecular weight is 641 g/mol. The minimum absolute atomic E-state index is 0.000442. The molecule has 3 fully saturated rings. The second-order valence-corrected chi connectivity index (χ2v) is 13.9. The number of hydrazine groups is 1. The fourth-order valence-electron chi connectivity index (χ4n) is 5.41. The lowest BCUT2D eigenvalue weighted by Gasteiger charge is -2.45. The molecule has 2 unspecified atom stereocenters. The van der Waals surface area contributed by atoms with Crippen LogP contribution >= 0.6 is 38.8 Å². The number of fused-ring (bicyclic) bond motifs is 6. The number of phosphoric acid groups is 2. The lowest BCUT2D eigenvalue weighted by Crippen LogP contribution is -2.65. The monoisotopic (exact) mass is 640 g/mol. The van der Waals surface area contributed by atoms with Crippen molar-refractivity contribution in [3.63, 3.8) is 0 Å². The van der Waals surface area contributed by atoms with Crippen molar-refractivity contribution in [2.75, 3.05) is 5.01 Å². The molecule has 5 bridgehead atoms. The highest BCUT2D eigenvalue weighted by Crippen LogP contribution is 2.79. The number of hydrogen-bond acceptors (Lipinski definition) is 12. The van der Waals surface area contributed by atoms with Crippen LogP contribution in [0.2, 0.25) is 10.0 Å². The van der Waals surface area contributed by atoms with E-state index in [9.17, 15) is 9.13 Å². The highest BCUT2D eigenvalue weighted by atomic mass is 35.5. The minimum Gasteiger partial charge on any atom is -0.382 e. The largest absolute Gasteiger partial charge is 0.647 e. The van der Waals surface area contributed by atoms with Gasteiger partial charge in [0, 0.05) is 11.4 Å². The van der Waals surface area contributed by atoms with E-state index in [1.54, 1.807) is 31.2 Å². The summed E-state index contributed by atoms with van der Waals surface area (Å²) in [6.07, 6.45) is 5.46. The Bertz CT molecular complexity index is 1740. The molecule has 0 radical (unpaired) electrons. The van der Waals surface area contributed by atoms with Gasteiger partial charge in [0.2, 0.25) is 11.5 Å². The number of hydrogen-bond donors (Lipinski definition) is 1. The zero-order valence-electron chi connectivity index (χ0n) is 22.0. The maximum atomic E-state index is 13.1. The van der Waals surface area contributed by atoms with Crippen molar-refractivity contribution in [1.29, 1.82) is 0 Å². The molecule has 12 nitrogen and oxygen atoms in total. The molecule has 0 amide bonds. The van der Waals surface area contributed by atoms with E-state index in [0.717, 1.165) is 18.4 Å². The van der Waals surface area contributed by atoms with Gasteiger partial charge in [0.25, 0.3) is 0 Å². The SMILES string of the molecule is CCC(CC)CC12OP(=O)(O1)OC2(C)N(N)c1nc(/C=C/c2ccc(Cl)cc2)nc2c3c(Cl)c4c(c12)OP(=O)(O4)O3. The molecule has 3 aromatic rings. The number of benzene rings is 2. The third kappa shape index (κ3) is 3.97. The molecular weight excluding hydrogens is 617 g/mol. The zero-order valence-corrected chi connectivity index (χ0v) is 25.3. The van der Waals surface area contributed by atoms with Gasteiger partial charge in [0.05, 0.1) is 5.39 Å². The van der Waals surface area contributed by atoms with Gasteiger partial charge < -0.3 is 13.6 Å². The van der Waals surface area contributed by atoms with E-state index in [-0.39, 0.29) is 50.7 Å². The van der Waals surface area contributed by atoms with Crippen LogP contribution in [0.25, 0.3) is 23.1 Å². The predicted octanol–water partition coefficient (Wildman–Crippen LogP) is 7.48. The van der Waals surface area contributed by atoms with Gasteiger partial charge in [0.1, 0.15) is 10.5 Å². The lowest BCUT2D eigenvalue weighted by atomic mass is 9.88. The summed E-state index contributed by atoms with van der Waals surface area (Å²) >= 11 is 12.5. The summed E-state index contributed by atoms with van der Waals surface area (Å²) in [5.41, 5.74) is -0.575. The Morgan fingerprint density at radius 2 is 1.61 bits per heavy atom. The highest BCUT2D eigenvalue weighted by Gasteiger charge is 2.79. The molecule has 41 heavy (non-hydrogen) atoms.